The van der Waals surface area contributed by atoms with E-state index in [1.807, 2.05) is 12.2 Å². The van der Waals surface area contributed by atoms with E-state index in [0.717, 1.165) is 11.3 Å². The van der Waals surface area contributed by atoms with Crippen LogP contribution in [0.5, 0.6) is 0 Å². The minimum Gasteiger partial charge on any atom is -0.478 e. The number of carboxylic acid groups (broad SMARTS) is 1. The Morgan fingerprint density at radius 1 is 1.05 bits per heavy atom. The van der Waals surface area contributed by atoms with E-state index >= 15 is 0 Å². The number of imide groups is 1. The molecule has 2 fully saturated rings. The van der Waals surface area contributed by atoms with Crippen molar-refractivity contribution in [3.8, 4) is 0 Å². The Bertz CT molecular complexity index is 678. The van der Waals surface area contributed by atoms with E-state index in [9.17, 15) is 19.5 Å². The minimum absolute atomic E-state index is 0.0144. The van der Waals surface area contributed by atoms with Crippen molar-refractivity contribution in [1.29, 1.82) is 0 Å². The third-order valence-corrected chi connectivity index (χ3v) is 4.85. The van der Waals surface area contributed by atoms with Crippen molar-refractivity contribution in [2.24, 2.45) is 23.7 Å². The Kier molecular flexibility index (Phi) is 2.37. The molecule has 4 rings (SSSR count). The van der Waals surface area contributed by atoms with E-state index in [1.165, 1.54) is 12.1 Å². The number of carbonyl (C=O) groups excluding carboxylic acids is 2. The number of fused-ring (bicyclic) bond motifs is 5. The Morgan fingerprint density at radius 3 is 2.19 bits per heavy atom. The monoisotopic (exact) mass is 283 g/mol. The van der Waals surface area contributed by atoms with Gasteiger partial charge in [0.15, 0.2) is 0 Å². The maximum absolute atomic E-state index is 12.6. The second-order valence-corrected chi connectivity index (χ2v) is 5.83. The molecule has 1 aromatic carbocycles. The van der Waals surface area contributed by atoms with Crippen molar-refractivity contribution >= 4 is 23.5 Å². The molecule has 1 N–H and O–H groups in total. The van der Waals surface area contributed by atoms with Gasteiger partial charge in [0.05, 0.1) is 23.1 Å². The first-order valence-electron chi connectivity index (χ1n) is 6.98. The Morgan fingerprint density at radius 2 is 1.62 bits per heavy atom. The molecule has 4 atom stereocenters. The van der Waals surface area contributed by atoms with Crippen LogP contribution < -0.4 is 4.90 Å². The lowest BCUT2D eigenvalue weighted by atomic mass is 9.85. The number of hydrogen-bond donors (Lipinski definition) is 1. The molecular weight excluding hydrogens is 270 g/mol. The highest BCUT2D eigenvalue weighted by atomic mass is 16.4. The van der Waals surface area contributed by atoms with E-state index in [-0.39, 0.29) is 46.7 Å². The summed E-state index contributed by atoms with van der Waals surface area (Å²) in [4.78, 5) is 37.7. The quantitative estimate of drug-likeness (QED) is 0.662. The fourth-order valence-corrected chi connectivity index (χ4v) is 3.99. The Labute approximate surface area is 120 Å². The van der Waals surface area contributed by atoms with Crippen molar-refractivity contribution in [3.63, 3.8) is 0 Å². The van der Waals surface area contributed by atoms with Gasteiger partial charge in [0, 0.05) is 0 Å². The number of allylic oxidation sites excluding steroid dienone is 2. The standard InChI is InChI=1S/C16H13NO4/c18-14-12-8-5-6-9(7-8)13(12)15(19)17(14)11-4-2-1-3-10(11)16(20)21/h1-6,8-9,12-13H,7H2,(H,20,21)/t8-,9-,12+,13+/m0/s1. The third-order valence-electron chi connectivity index (χ3n) is 4.85. The summed E-state index contributed by atoms with van der Waals surface area (Å²) in [5.41, 5.74) is 0.174. The van der Waals surface area contributed by atoms with Crippen LogP contribution in [0.4, 0.5) is 5.69 Å². The predicted molar refractivity (Wildman–Crippen MR) is 73.6 cm³/mol. The first-order chi connectivity index (χ1) is 10.1. The summed E-state index contributed by atoms with van der Waals surface area (Å²) in [6.45, 7) is 0. The predicted octanol–water partition coefficient (Wildman–Crippen LogP) is 1.70. The summed E-state index contributed by atoms with van der Waals surface area (Å²) in [5.74, 6) is -2.02. The van der Waals surface area contributed by atoms with Gasteiger partial charge < -0.3 is 5.11 Å². The average molecular weight is 283 g/mol. The molecule has 0 aromatic heterocycles. The number of anilines is 1. The van der Waals surface area contributed by atoms with Crippen molar-refractivity contribution in [3.05, 3.63) is 42.0 Å². The molecule has 1 heterocycles. The largest absolute Gasteiger partial charge is 0.478 e. The van der Waals surface area contributed by atoms with Gasteiger partial charge in [0.25, 0.3) is 0 Å². The van der Waals surface area contributed by atoms with Crippen molar-refractivity contribution < 1.29 is 19.5 Å². The summed E-state index contributed by atoms with van der Waals surface area (Å²) in [6.07, 6.45) is 4.90. The molecule has 0 radical (unpaired) electrons. The average Bonchev–Trinajstić information content (AvgIpc) is 3.13. The van der Waals surface area contributed by atoms with E-state index in [2.05, 4.69) is 0 Å². The van der Waals surface area contributed by atoms with Gasteiger partial charge >= 0.3 is 5.97 Å². The van der Waals surface area contributed by atoms with Gasteiger partial charge in [-0.1, -0.05) is 24.3 Å². The highest BCUT2D eigenvalue weighted by molar-refractivity contribution is 6.24. The van der Waals surface area contributed by atoms with Crippen LogP contribution in [0.15, 0.2) is 36.4 Å². The van der Waals surface area contributed by atoms with Crippen LogP contribution in [0.3, 0.4) is 0 Å². The highest BCUT2D eigenvalue weighted by Crippen LogP contribution is 2.53. The molecule has 5 heteroatoms. The van der Waals surface area contributed by atoms with E-state index in [0.29, 0.717) is 0 Å². The number of carbonyl (C=O) groups is 3. The number of benzene rings is 1. The summed E-state index contributed by atoms with van der Waals surface area (Å²) in [5, 5.41) is 9.26. The molecule has 3 aliphatic rings. The normalized spacial score (nSPS) is 32.9. The van der Waals surface area contributed by atoms with Crippen LogP contribution in [0, 0.1) is 23.7 Å². The first kappa shape index (κ1) is 12.3. The van der Waals surface area contributed by atoms with Crippen molar-refractivity contribution in [2.75, 3.05) is 4.90 Å². The zero-order chi connectivity index (χ0) is 14.7. The number of rotatable bonds is 2. The number of amides is 2. The molecule has 1 aliphatic heterocycles. The van der Waals surface area contributed by atoms with Gasteiger partial charge in [0.2, 0.25) is 11.8 Å². The van der Waals surface area contributed by atoms with Gasteiger partial charge in [-0.05, 0) is 30.4 Å². The fraction of sp³-hybridized carbons (Fsp3) is 0.312. The molecule has 0 spiro atoms. The second kappa shape index (κ2) is 4.04. The molecule has 106 valence electrons. The lowest BCUT2D eigenvalue weighted by molar-refractivity contribution is -0.123. The summed E-state index contributed by atoms with van der Waals surface area (Å²) < 4.78 is 0. The molecule has 5 nitrogen and oxygen atoms in total. The molecule has 1 aromatic rings. The SMILES string of the molecule is O=C(O)c1ccccc1N1C(=O)[C@H]2[C@H](C1=O)[C@H]1C=C[C@H]2C1. The summed E-state index contributed by atoms with van der Waals surface area (Å²) in [6, 6.07) is 6.17. The molecule has 1 saturated carbocycles. The zero-order valence-corrected chi connectivity index (χ0v) is 11.1. The molecule has 2 bridgehead atoms. The maximum atomic E-state index is 12.6. The lowest BCUT2D eigenvalue weighted by Crippen LogP contribution is -2.34. The van der Waals surface area contributed by atoms with Crippen LogP contribution >= 0.6 is 0 Å². The Balaban J connectivity index is 1.80. The van der Waals surface area contributed by atoms with Gasteiger partial charge in [-0.2, -0.15) is 0 Å². The fourth-order valence-electron chi connectivity index (χ4n) is 3.99. The summed E-state index contributed by atoms with van der Waals surface area (Å²) in [7, 11) is 0. The minimum atomic E-state index is -1.13. The van der Waals surface area contributed by atoms with Gasteiger partial charge in [-0.3, -0.25) is 9.59 Å². The number of nitrogens with zero attached hydrogens (tertiary/aromatic N) is 1. The van der Waals surface area contributed by atoms with E-state index in [1.54, 1.807) is 12.1 Å². The van der Waals surface area contributed by atoms with Crippen molar-refractivity contribution in [2.45, 2.75) is 6.42 Å². The van der Waals surface area contributed by atoms with Crippen LogP contribution in [0.1, 0.15) is 16.8 Å². The van der Waals surface area contributed by atoms with E-state index in [4.69, 9.17) is 0 Å². The van der Waals surface area contributed by atoms with Crippen molar-refractivity contribution in [1.82, 2.24) is 0 Å². The number of para-hydroxylation sites is 1. The third kappa shape index (κ3) is 1.48. The Hall–Kier alpha value is -2.43. The van der Waals surface area contributed by atoms with Gasteiger partial charge in [-0.15, -0.1) is 0 Å². The first-order valence-corrected chi connectivity index (χ1v) is 6.98. The van der Waals surface area contributed by atoms with Crippen LogP contribution in [-0.4, -0.2) is 22.9 Å². The molecule has 1 saturated heterocycles. The topological polar surface area (TPSA) is 74.7 Å². The van der Waals surface area contributed by atoms with Crippen LogP contribution in [0.2, 0.25) is 0 Å². The summed E-state index contributed by atoms with van der Waals surface area (Å²) >= 11 is 0. The highest BCUT2D eigenvalue weighted by Gasteiger charge is 2.59. The van der Waals surface area contributed by atoms with Crippen LogP contribution in [-0.2, 0) is 9.59 Å². The molecular formula is C16H13NO4. The van der Waals surface area contributed by atoms with Gasteiger partial charge in [-0.25, -0.2) is 9.69 Å². The smallest absolute Gasteiger partial charge is 0.337 e. The van der Waals surface area contributed by atoms with Crippen LogP contribution in [0.25, 0.3) is 0 Å². The number of aromatic carboxylic acids is 1. The van der Waals surface area contributed by atoms with Gasteiger partial charge in [0.1, 0.15) is 0 Å². The number of hydrogen-bond acceptors (Lipinski definition) is 3. The molecule has 2 amide bonds. The zero-order valence-electron chi connectivity index (χ0n) is 11.1. The van der Waals surface area contributed by atoms with E-state index < -0.39 is 5.97 Å². The maximum Gasteiger partial charge on any atom is 0.337 e. The molecule has 0 unspecified atom stereocenters. The number of carboxylic acids is 1. The molecule has 21 heavy (non-hydrogen) atoms. The lowest BCUT2D eigenvalue weighted by Gasteiger charge is -2.19. The molecule has 2 aliphatic carbocycles. The second-order valence-electron chi connectivity index (χ2n) is 5.83.